The highest BCUT2D eigenvalue weighted by Gasteiger charge is 2.45. The maximum atomic E-state index is 11.8. The second-order valence-electron chi connectivity index (χ2n) is 4.67. The van der Waals surface area contributed by atoms with Gasteiger partial charge in [0, 0.05) is 18.8 Å². The lowest BCUT2D eigenvalue weighted by molar-refractivity contribution is -0.139. The third-order valence-electron chi connectivity index (χ3n) is 2.96. The summed E-state index contributed by atoms with van der Waals surface area (Å²) >= 11 is 0. The molecule has 2 amide bonds. The van der Waals surface area contributed by atoms with Crippen molar-refractivity contribution in [3.8, 4) is 0 Å². The number of rotatable bonds is 5. The first kappa shape index (κ1) is 12.5. The van der Waals surface area contributed by atoms with E-state index in [1.807, 2.05) is 0 Å². The zero-order valence-electron chi connectivity index (χ0n) is 9.68. The van der Waals surface area contributed by atoms with E-state index in [-0.39, 0.29) is 36.6 Å². The second-order valence-corrected chi connectivity index (χ2v) is 6.93. The van der Waals surface area contributed by atoms with Gasteiger partial charge in [-0.15, -0.1) is 0 Å². The number of nitrogens with zero attached hydrogens (tertiary/aromatic N) is 1. The minimum absolute atomic E-state index is 0.0194. The van der Waals surface area contributed by atoms with Crippen LogP contribution in [0.2, 0.25) is 0 Å². The molecule has 0 spiro atoms. The molecule has 1 aliphatic heterocycles. The largest absolute Gasteiger partial charge is 0.304 e. The molecular formula is C10H16N2O4S. The molecule has 6 nitrogen and oxygen atoms in total. The summed E-state index contributed by atoms with van der Waals surface area (Å²) in [4.78, 5) is 24.8. The predicted molar refractivity (Wildman–Crippen MR) is 61.0 cm³/mol. The Morgan fingerprint density at radius 2 is 2.00 bits per heavy atom. The monoisotopic (exact) mass is 260 g/mol. The van der Waals surface area contributed by atoms with Gasteiger partial charge in [-0.3, -0.25) is 14.5 Å². The fraction of sp³-hybridized carbons (Fsp3) is 0.800. The van der Waals surface area contributed by atoms with Crippen molar-refractivity contribution in [2.45, 2.75) is 31.3 Å². The number of hydrogen-bond acceptors (Lipinski definition) is 5. The van der Waals surface area contributed by atoms with E-state index in [1.54, 1.807) is 0 Å². The average molecular weight is 260 g/mol. The predicted octanol–water partition coefficient (Wildman–Crippen LogP) is -1.09. The van der Waals surface area contributed by atoms with Crippen molar-refractivity contribution < 1.29 is 18.0 Å². The average Bonchev–Trinajstić information content (AvgIpc) is 2.95. The Bertz CT molecular complexity index is 441. The van der Waals surface area contributed by atoms with Crippen LogP contribution in [0, 0.1) is 0 Å². The SMILES string of the molecule is CS(=O)(=O)CCNC1CC(=O)N(C2CC2)C1=O. The standard InChI is InChI=1S/C10H16N2O4S/c1-17(15,16)5-4-11-8-6-9(13)12(10(8)14)7-2-3-7/h7-8,11H,2-6H2,1H3. The maximum Gasteiger partial charge on any atom is 0.247 e. The summed E-state index contributed by atoms with van der Waals surface area (Å²) in [6.45, 7) is 0.209. The van der Waals surface area contributed by atoms with Crippen molar-refractivity contribution in [2.24, 2.45) is 0 Å². The lowest BCUT2D eigenvalue weighted by Gasteiger charge is -2.14. The Morgan fingerprint density at radius 1 is 1.35 bits per heavy atom. The van der Waals surface area contributed by atoms with Crippen LogP contribution in [-0.2, 0) is 19.4 Å². The lowest BCUT2D eigenvalue weighted by Crippen LogP contribution is -2.41. The van der Waals surface area contributed by atoms with E-state index >= 15 is 0 Å². The molecule has 2 rings (SSSR count). The van der Waals surface area contributed by atoms with E-state index in [2.05, 4.69) is 5.32 Å². The Kier molecular flexibility index (Phi) is 3.22. The van der Waals surface area contributed by atoms with Crippen molar-refractivity contribution in [1.82, 2.24) is 10.2 Å². The second kappa shape index (κ2) is 4.38. The highest BCUT2D eigenvalue weighted by molar-refractivity contribution is 7.90. The normalized spacial score (nSPS) is 25.7. The van der Waals surface area contributed by atoms with Gasteiger partial charge < -0.3 is 5.32 Å². The first-order valence-corrected chi connectivity index (χ1v) is 7.71. The lowest BCUT2D eigenvalue weighted by atomic mass is 10.2. The summed E-state index contributed by atoms with van der Waals surface area (Å²) < 4.78 is 21.9. The Morgan fingerprint density at radius 3 is 2.53 bits per heavy atom. The Labute approximate surface area is 100 Å². The van der Waals surface area contributed by atoms with Gasteiger partial charge in [0.2, 0.25) is 11.8 Å². The van der Waals surface area contributed by atoms with Crippen LogP contribution in [0.3, 0.4) is 0 Å². The van der Waals surface area contributed by atoms with Crippen LogP contribution in [0.5, 0.6) is 0 Å². The van der Waals surface area contributed by atoms with E-state index < -0.39 is 15.9 Å². The molecule has 17 heavy (non-hydrogen) atoms. The third kappa shape index (κ3) is 3.04. The number of likely N-dealkylation sites (tertiary alicyclic amines) is 1. The molecule has 0 radical (unpaired) electrons. The number of nitrogens with one attached hydrogen (secondary N) is 1. The van der Waals surface area contributed by atoms with Gasteiger partial charge in [0.15, 0.2) is 0 Å². The van der Waals surface area contributed by atoms with Gasteiger partial charge in [-0.05, 0) is 12.8 Å². The van der Waals surface area contributed by atoms with Crippen LogP contribution in [-0.4, -0.2) is 55.8 Å². The molecule has 1 atom stereocenters. The first-order valence-electron chi connectivity index (χ1n) is 5.65. The summed E-state index contributed by atoms with van der Waals surface area (Å²) in [5, 5.41) is 2.84. The molecule has 1 saturated carbocycles. The van der Waals surface area contributed by atoms with Crippen molar-refractivity contribution in [1.29, 1.82) is 0 Å². The highest BCUT2D eigenvalue weighted by atomic mass is 32.2. The summed E-state index contributed by atoms with van der Waals surface area (Å²) in [5.41, 5.74) is 0. The van der Waals surface area contributed by atoms with Crippen LogP contribution in [0.15, 0.2) is 0 Å². The van der Waals surface area contributed by atoms with Crippen molar-refractivity contribution in [3.63, 3.8) is 0 Å². The molecule has 1 N–H and O–H groups in total. The molecule has 96 valence electrons. The molecule has 1 unspecified atom stereocenters. The Balaban J connectivity index is 1.86. The van der Waals surface area contributed by atoms with Crippen LogP contribution in [0.4, 0.5) is 0 Å². The van der Waals surface area contributed by atoms with E-state index in [4.69, 9.17) is 0 Å². The zero-order valence-corrected chi connectivity index (χ0v) is 10.5. The van der Waals surface area contributed by atoms with Gasteiger partial charge >= 0.3 is 0 Å². The number of imide groups is 1. The highest BCUT2D eigenvalue weighted by Crippen LogP contribution is 2.31. The van der Waals surface area contributed by atoms with Gasteiger partial charge in [0.05, 0.1) is 18.2 Å². The van der Waals surface area contributed by atoms with Crippen LogP contribution in [0.1, 0.15) is 19.3 Å². The summed E-state index contributed by atoms with van der Waals surface area (Å²) in [6.07, 6.45) is 3.09. The van der Waals surface area contributed by atoms with Gasteiger partial charge in [-0.1, -0.05) is 0 Å². The molecule has 1 saturated heterocycles. The summed E-state index contributed by atoms with van der Waals surface area (Å²) in [7, 11) is -3.04. The van der Waals surface area contributed by atoms with Gasteiger partial charge in [0.25, 0.3) is 0 Å². The minimum atomic E-state index is -3.04. The zero-order chi connectivity index (χ0) is 12.6. The number of amides is 2. The third-order valence-corrected chi connectivity index (χ3v) is 3.90. The Hall–Kier alpha value is -0.950. The van der Waals surface area contributed by atoms with E-state index in [0.717, 1.165) is 19.1 Å². The van der Waals surface area contributed by atoms with E-state index in [0.29, 0.717) is 0 Å². The molecule has 0 aromatic carbocycles. The maximum absolute atomic E-state index is 11.8. The van der Waals surface area contributed by atoms with Gasteiger partial charge in [-0.25, -0.2) is 8.42 Å². The fourth-order valence-electron chi connectivity index (χ4n) is 1.95. The molecule has 1 heterocycles. The number of sulfone groups is 1. The molecule has 2 fully saturated rings. The molecule has 0 bridgehead atoms. The number of carbonyl (C=O) groups is 2. The van der Waals surface area contributed by atoms with Crippen molar-refractivity contribution >= 4 is 21.7 Å². The molecule has 2 aliphatic rings. The van der Waals surface area contributed by atoms with E-state index in [9.17, 15) is 18.0 Å². The van der Waals surface area contributed by atoms with Crippen LogP contribution >= 0.6 is 0 Å². The van der Waals surface area contributed by atoms with Crippen molar-refractivity contribution in [2.75, 3.05) is 18.6 Å². The quantitative estimate of drug-likeness (QED) is 0.635. The van der Waals surface area contributed by atoms with Crippen molar-refractivity contribution in [3.05, 3.63) is 0 Å². The molecule has 1 aliphatic carbocycles. The fourth-order valence-corrected chi connectivity index (χ4v) is 2.43. The molecule has 7 heteroatoms. The number of carbonyl (C=O) groups excluding carboxylic acids is 2. The topological polar surface area (TPSA) is 83.6 Å². The number of hydrogen-bond donors (Lipinski definition) is 1. The van der Waals surface area contributed by atoms with Crippen LogP contribution in [0.25, 0.3) is 0 Å². The first-order chi connectivity index (χ1) is 7.88. The minimum Gasteiger partial charge on any atom is -0.304 e. The molecular weight excluding hydrogens is 244 g/mol. The summed E-state index contributed by atoms with van der Waals surface area (Å²) in [6, 6.07) is -0.443. The van der Waals surface area contributed by atoms with Crippen LogP contribution < -0.4 is 5.32 Å². The van der Waals surface area contributed by atoms with Gasteiger partial charge in [0.1, 0.15) is 9.84 Å². The summed E-state index contributed by atoms with van der Waals surface area (Å²) in [5.74, 6) is -0.366. The van der Waals surface area contributed by atoms with E-state index in [1.165, 1.54) is 4.90 Å². The smallest absolute Gasteiger partial charge is 0.247 e. The molecule has 0 aromatic heterocycles. The van der Waals surface area contributed by atoms with Gasteiger partial charge in [-0.2, -0.15) is 0 Å². The molecule has 0 aromatic rings.